The van der Waals surface area contributed by atoms with E-state index < -0.39 is 5.54 Å². The summed E-state index contributed by atoms with van der Waals surface area (Å²) < 4.78 is 5.45. The van der Waals surface area contributed by atoms with Crippen LogP contribution in [-0.2, 0) is 12.0 Å². The van der Waals surface area contributed by atoms with E-state index in [9.17, 15) is 10.1 Å². The second-order valence-electron chi connectivity index (χ2n) is 6.16. The lowest BCUT2D eigenvalue weighted by Gasteiger charge is -2.31. The van der Waals surface area contributed by atoms with E-state index in [1.54, 1.807) is 36.4 Å². The van der Waals surface area contributed by atoms with Crippen LogP contribution in [0.5, 0.6) is 5.75 Å². The standard InChI is InChI=1S/C22H19ClNO3/c1-27-20-15-9-8-14-19(20)22(24(25)26,16-17-10-4-2-5-11-17)21(23)18-12-6-3-7-13-18/h2-15H,16H2,1H3. The van der Waals surface area contributed by atoms with E-state index in [1.165, 1.54) is 7.11 Å². The Balaban J connectivity index is 2.24. The molecule has 5 heteroatoms. The zero-order chi connectivity index (χ0) is 19.3. The Morgan fingerprint density at radius 3 is 2.11 bits per heavy atom. The first-order valence-corrected chi connectivity index (χ1v) is 8.87. The van der Waals surface area contributed by atoms with E-state index in [0.29, 0.717) is 16.9 Å². The maximum absolute atomic E-state index is 12.6. The first-order valence-electron chi connectivity index (χ1n) is 8.50. The minimum Gasteiger partial charge on any atom is -0.496 e. The van der Waals surface area contributed by atoms with Gasteiger partial charge in [-0.3, -0.25) is 10.1 Å². The molecule has 0 aliphatic carbocycles. The van der Waals surface area contributed by atoms with Gasteiger partial charge in [0.15, 0.2) is 5.38 Å². The fourth-order valence-corrected chi connectivity index (χ4v) is 3.60. The number of nitrogens with zero attached hydrogens (tertiary/aromatic N) is 1. The second-order valence-corrected chi connectivity index (χ2v) is 6.54. The van der Waals surface area contributed by atoms with E-state index in [-0.39, 0.29) is 16.7 Å². The van der Waals surface area contributed by atoms with Gasteiger partial charge in [-0.05, 0) is 23.3 Å². The summed E-state index contributed by atoms with van der Waals surface area (Å²) in [5.74, 6) is 0.430. The van der Waals surface area contributed by atoms with E-state index in [0.717, 1.165) is 5.56 Å². The molecule has 27 heavy (non-hydrogen) atoms. The van der Waals surface area contributed by atoms with Gasteiger partial charge >= 0.3 is 0 Å². The summed E-state index contributed by atoms with van der Waals surface area (Å²) in [4.78, 5) is 12.2. The summed E-state index contributed by atoms with van der Waals surface area (Å²) in [6.45, 7) is 0. The second kappa shape index (κ2) is 8.23. The van der Waals surface area contributed by atoms with Crippen molar-refractivity contribution in [2.24, 2.45) is 0 Å². The third-order valence-electron chi connectivity index (χ3n) is 4.56. The van der Waals surface area contributed by atoms with Crippen molar-refractivity contribution in [1.82, 2.24) is 0 Å². The Hall–Kier alpha value is -2.85. The number of benzene rings is 3. The third-order valence-corrected chi connectivity index (χ3v) is 5.09. The number of hydrogen-bond acceptors (Lipinski definition) is 3. The van der Waals surface area contributed by atoms with Gasteiger partial charge in [0.05, 0.1) is 19.1 Å². The van der Waals surface area contributed by atoms with Crippen LogP contribution in [0.2, 0.25) is 0 Å². The normalized spacial score (nSPS) is 13.1. The lowest BCUT2D eigenvalue weighted by Crippen LogP contribution is -2.42. The molecule has 0 N–H and O–H groups in total. The van der Waals surface area contributed by atoms with Crippen molar-refractivity contribution in [3.63, 3.8) is 0 Å². The Labute approximate surface area is 163 Å². The molecule has 0 saturated carbocycles. The quantitative estimate of drug-likeness (QED) is 0.416. The van der Waals surface area contributed by atoms with Crippen LogP contribution in [0, 0.1) is 15.5 Å². The number of halogens is 1. The molecule has 4 nitrogen and oxygen atoms in total. The molecular formula is C22H19ClNO3. The van der Waals surface area contributed by atoms with Gasteiger partial charge in [0.2, 0.25) is 0 Å². The molecule has 1 radical (unpaired) electrons. The summed E-state index contributed by atoms with van der Waals surface area (Å²) in [5.41, 5.74) is 0.179. The van der Waals surface area contributed by atoms with Gasteiger partial charge in [0.1, 0.15) is 5.75 Å². The van der Waals surface area contributed by atoms with Crippen LogP contribution >= 0.6 is 11.6 Å². The molecule has 0 fully saturated rings. The monoisotopic (exact) mass is 380 g/mol. The lowest BCUT2D eigenvalue weighted by atomic mass is 9.78. The van der Waals surface area contributed by atoms with Gasteiger partial charge < -0.3 is 4.74 Å². The molecule has 0 bridgehead atoms. The smallest absolute Gasteiger partial charge is 0.279 e. The molecule has 3 aromatic rings. The molecule has 0 spiro atoms. The minimum absolute atomic E-state index is 0.106. The fraction of sp³-hybridized carbons (Fsp3) is 0.136. The Bertz CT molecular complexity index is 902. The summed E-state index contributed by atoms with van der Waals surface area (Å²) in [6, 6.07) is 25.3. The van der Waals surface area contributed by atoms with Crippen molar-refractivity contribution in [2.45, 2.75) is 12.0 Å². The van der Waals surface area contributed by atoms with E-state index in [1.807, 2.05) is 48.5 Å². The molecule has 1 atom stereocenters. The van der Waals surface area contributed by atoms with Crippen molar-refractivity contribution in [1.29, 1.82) is 0 Å². The van der Waals surface area contributed by atoms with Crippen LogP contribution in [-0.4, -0.2) is 12.0 Å². The molecule has 3 rings (SSSR count). The van der Waals surface area contributed by atoms with Crippen molar-refractivity contribution in [3.05, 3.63) is 117 Å². The van der Waals surface area contributed by atoms with Crippen LogP contribution in [0.4, 0.5) is 0 Å². The van der Waals surface area contributed by atoms with Crippen molar-refractivity contribution in [2.75, 3.05) is 7.11 Å². The van der Waals surface area contributed by atoms with E-state index in [4.69, 9.17) is 16.3 Å². The largest absolute Gasteiger partial charge is 0.496 e. The third kappa shape index (κ3) is 3.67. The van der Waals surface area contributed by atoms with Crippen molar-refractivity contribution < 1.29 is 9.66 Å². The van der Waals surface area contributed by atoms with Gasteiger partial charge in [-0.2, -0.15) is 0 Å². The fourth-order valence-electron chi connectivity index (χ4n) is 3.23. The molecular weight excluding hydrogens is 362 g/mol. The van der Waals surface area contributed by atoms with Crippen LogP contribution < -0.4 is 4.74 Å². The van der Waals surface area contributed by atoms with Gasteiger partial charge in [-0.25, -0.2) is 0 Å². The Morgan fingerprint density at radius 1 is 0.963 bits per heavy atom. The molecule has 0 aliphatic rings. The summed E-state index contributed by atoms with van der Waals surface area (Å²) in [6.07, 6.45) is 0.106. The lowest BCUT2D eigenvalue weighted by molar-refractivity contribution is -0.570. The zero-order valence-corrected chi connectivity index (χ0v) is 15.6. The molecule has 0 heterocycles. The first kappa shape index (κ1) is 18.9. The zero-order valence-electron chi connectivity index (χ0n) is 14.8. The summed E-state index contributed by atoms with van der Waals surface area (Å²) in [5, 5.41) is 12.7. The van der Waals surface area contributed by atoms with Crippen molar-refractivity contribution >= 4 is 11.6 Å². The number of para-hydroxylation sites is 1. The topological polar surface area (TPSA) is 52.4 Å². The Kier molecular flexibility index (Phi) is 5.77. The summed E-state index contributed by atoms with van der Waals surface area (Å²) in [7, 11) is 1.50. The van der Waals surface area contributed by atoms with Gasteiger partial charge in [0.25, 0.3) is 5.54 Å². The maximum Gasteiger partial charge on any atom is 0.279 e. The van der Waals surface area contributed by atoms with Crippen molar-refractivity contribution in [3.8, 4) is 5.75 Å². The van der Waals surface area contributed by atoms with E-state index in [2.05, 4.69) is 0 Å². The predicted octanol–water partition coefficient (Wildman–Crippen LogP) is 5.23. The summed E-state index contributed by atoms with van der Waals surface area (Å²) >= 11 is 6.76. The molecule has 1 unspecified atom stereocenters. The highest BCUT2D eigenvalue weighted by molar-refractivity contribution is 6.30. The van der Waals surface area contributed by atoms with E-state index >= 15 is 0 Å². The van der Waals surface area contributed by atoms with Gasteiger partial charge in [-0.15, -0.1) is 11.6 Å². The highest BCUT2D eigenvalue weighted by Crippen LogP contribution is 2.47. The van der Waals surface area contributed by atoms with Crippen LogP contribution in [0.1, 0.15) is 16.7 Å². The van der Waals surface area contributed by atoms with Crippen LogP contribution in [0.15, 0.2) is 84.9 Å². The number of methoxy groups -OCH3 is 1. The number of ether oxygens (including phenoxy) is 1. The van der Waals surface area contributed by atoms with Gasteiger partial charge in [-0.1, -0.05) is 72.8 Å². The average Bonchev–Trinajstić information content (AvgIpc) is 2.72. The molecule has 0 aliphatic heterocycles. The molecule has 0 aromatic heterocycles. The number of nitro groups is 1. The first-order chi connectivity index (χ1) is 13.1. The average molecular weight is 381 g/mol. The maximum atomic E-state index is 12.6. The molecule has 3 aromatic carbocycles. The van der Waals surface area contributed by atoms with Crippen LogP contribution in [0.3, 0.4) is 0 Å². The highest BCUT2D eigenvalue weighted by Gasteiger charge is 2.54. The number of rotatable bonds is 7. The van der Waals surface area contributed by atoms with Gasteiger partial charge in [0, 0.05) is 4.92 Å². The van der Waals surface area contributed by atoms with Crippen LogP contribution in [0.25, 0.3) is 0 Å². The predicted molar refractivity (Wildman–Crippen MR) is 106 cm³/mol. The molecule has 137 valence electrons. The number of hydrogen-bond donors (Lipinski definition) is 0. The minimum atomic E-state index is -1.67. The molecule has 0 amide bonds. The Morgan fingerprint density at radius 2 is 1.52 bits per heavy atom. The highest BCUT2D eigenvalue weighted by atomic mass is 35.5. The SMILES string of the molecule is COc1ccccc1C(Cc1ccccc1)([C](Cl)c1ccccc1)[N+](=O)[O-]. The molecule has 0 saturated heterocycles.